The van der Waals surface area contributed by atoms with E-state index in [4.69, 9.17) is 16.2 Å². The molecule has 0 atom stereocenters. The molecule has 3 rings (SSSR count). The summed E-state index contributed by atoms with van der Waals surface area (Å²) in [7, 11) is 3.69. The van der Waals surface area contributed by atoms with Crippen LogP contribution in [0.15, 0.2) is 48.4 Å². The molecule has 0 unspecified atom stereocenters. The van der Waals surface area contributed by atoms with Gasteiger partial charge in [0.05, 0.1) is 18.4 Å². The zero-order valence-electron chi connectivity index (χ0n) is 19.0. The molecule has 0 bridgehead atoms. The van der Waals surface area contributed by atoms with Gasteiger partial charge >= 0.3 is 0 Å². The minimum absolute atomic E-state index is 0.0579. The van der Waals surface area contributed by atoms with Gasteiger partial charge in [-0.2, -0.15) is 0 Å². The first-order valence-electron chi connectivity index (χ1n) is 10.4. The predicted molar refractivity (Wildman–Crippen MR) is 125 cm³/mol. The van der Waals surface area contributed by atoms with Crippen molar-refractivity contribution in [3.8, 4) is 5.75 Å². The van der Waals surface area contributed by atoms with E-state index < -0.39 is 0 Å². The molecule has 5 N–H and O–H groups in total. The van der Waals surface area contributed by atoms with Crippen LogP contribution >= 0.6 is 0 Å². The van der Waals surface area contributed by atoms with E-state index in [2.05, 4.69) is 49.9 Å². The fourth-order valence-corrected chi connectivity index (χ4v) is 4.63. The Morgan fingerprint density at radius 3 is 2.47 bits per heavy atom. The van der Waals surface area contributed by atoms with Crippen LogP contribution in [0, 0.1) is 0 Å². The van der Waals surface area contributed by atoms with Gasteiger partial charge in [-0.25, -0.2) is 0 Å². The van der Waals surface area contributed by atoms with Gasteiger partial charge in [-0.15, -0.1) is 0 Å². The van der Waals surface area contributed by atoms with Crippen LogP contribution in [-0.4, -0.2) is 41.2 Å². The molecule has 6 heteroatoms. The second-order valence-corrected chi connectivity index (χ2v) is 9.53. The number of nitrogens with two attached hydrogens (primary N) is 2. The summed E-state index contributed by atoms with van der Waals surface area (Å²) in [4.78, 5) is 6.54. The highest BCUT2D eigenvalue weighted by Crippen LogP contribution is 2.32. The van der Waals surface area contributed by atoms with Crippen molar-refractivity contribution in [3.05, 3.63) is 54.0 Å². The van der Waals surface area contributed by atoms with E-state index in [1.54, 1.807) is 13.3 Å². The van der Waals surface area contributed by atoms with E-state index >= 15 is 0 Å². The average Bonchev–Trinajstić information content (AvgIpc) is 2.67. The van der Waals surface area contributed by atoms with E-state index in [9.17, 15) is 0 Å². The van der Waals surface area contributed by atoms with Crippen molar-refractivity contribution in [1.82, 2.24) is 15.2 Å². The molecule has 0 amide bonds. The van der Waals surface area contributed by atoms with Crippen molar-refractivity contribution in [3.63, 3.8) is 0 Å². The van der Waals surface area contributed by atoms with Gasteiger partial charge in [-0.3, -0.25) is 4.98 Å². The summed E-state index contributed by atoms with van der Waals surface area (Å²) >= 11 is 0. The Morgan fingerprint density at radius 1 is 1.17 bits per heavy atom. The molecule has 0 aliphatic carbocycles. The molecule has 2 heterocycles. The summed E-state index contributed by atoms with van der Waals surface area (Å²) in [6, 6.07) is 8.18. The van der Waals surface area contributed by atoms with Crippen LogP contribution in [0.1, 0.15) is 46.1 Å². The molecule has 1 aliphatic heterocycles. The van der Waals surface area contributed by atoms with E-state index in [0.717, 1.165) is 29.3 Å². The summed E-state index contributed by atoms with van der Waals surface area (Å²) in [5.74, 6) is 1.38. The first-order chi connectivity index (χ1) is 14.0. The lowest BCUT2D eigenvalue weighted by Crippen LogP contribution is -2.61. The normalized spacial score (nSPS) is 19.7. The third-order valence-electron chi connectivity index (χ3n) is 5.79. The Kier molecular flexibility index (Phi) is 5.99. The largest absolute Gasteiger partial charge is 0.496 e. The number of piperidine rings is 1. The molecule has 6 nitrogen and oxygen atoms in total. The number of methoxy groups -OCH3 is 1. The van der Waals surface area contributed by atoms with Gasteiger partial charge in [0.2, 0.25) is 0 Å². The molecule has 1 aliphatic rings. The van der Waals surface area contributed by atoms with Crippen LogP contribution in [0.25, 0.3) is 16.6 Å². The van der Waals surface area contributed by atoms with Crippen LogP contribution in [0.3, 0.4) is 0 Å². The third kappa shape index (κ3) is 4.87. The first kappa shape index (κ1) is 22.0. The van der Waals surface area contributed by atoms with Gasteiger partial charge < -0.3 is 26.4 Å². The number of allylic oxidation sites excluding steroid dienone is 2. The molecule has 0 spiro atoms. The third-order valence-corrected chi connectivity index (χ3v) is 5.79. The number of hydrogen-bond donors (Lipinski definition) is 3. The Bertz CT molecular complexity index is 961. The van der Waals surface area contributed by atoms with Gasteiger partial charge in [0.25, 0.3) is 0 Å². The van der Waals surface area contributed by atoms with Crippen molar-refractivity contribution < 1.29 is 4.74 Å². The van der Waals surface area contributed by atoms with Crippen LogP contribution < -0.4 is 21.5 Å². The van der Waals surface area contributed by atoms with E-state index in [1.807, 2.05) is 36.4 Å². The summed E-state index contributed by atoms with van der Waals surface area (Å²) in [6.07, 6.45) is 7.54. The Morgan fingerprint density at radius 2 is 1.83 bits per heavy atom. The number of fused-ring (bicyclic) bond motifs is 1. The Hall–Kier alpha value is -2.73. The number of benzene rings is 1. The number of aromatic nitrogens is 1. The molecule has 30 heavy (non-hydrogen) atoms. The van der Waals surface area contributed by atoms with Crippen LogP contribution in [0.4, 0.5) is 0 Å². The molecule has 1 fully saturated rings. The zero-order valence-corrected chi connectivity index (χ0v) is 19.0. The van der Waals surface area contributed by atoms with Crippen molar-refractivity contribution >= 4 is 16.6 Å². The average molecular weight is 410 g/mol. The van der Waals surface area contributed by atoms with Crippen molar-refractivity contribution in [2.24, 2.45) is 11.5 Å². The number of hydrogen-bond acceptors (Lipinski definition) is 6. The SMILES string of the molecule is COc1cc2ncccc2cc1/C(N)=C/C=C(\N)N(C)C1CC(C)(C)NC(C)(C)C1. The van der Waals surface area contributed by atoms with Crippen molar-refractivity contribution in [1.29, 1.82) is 0 Å². The van der Waals surface area contributed by atoms with Gasteiger partial charge in [-0.05, 0) is 64.8 Å². The number of nitrogens with zero attached hydrogens (tertiary/aromatic N) is 2. The van der Waals surface area contributed by atoms with Crippen LogP contribution in [0.2, 0.25) is 0 Å². The van der Waals surface area contributed by atoms with Crippen LogP contribution in [-0.2, 0) is 0 Å². The monoisotopic (exact) mass is 409 g/mol. The molecular formula is C24H35N5O. The molecular weight excluding hydrogens is 374 g/mol. The zero-order chi connectivity index (χ0) is 22.1. The van der Waals surface area contributed by atoms with E-state index in [1.165, 1.54) is 0 Å². The second kappa shape index (κ2) is 8.19. The highest BCUT2D eigenvalue weighted by atomic mass is 16.5. The van der Waals surface area contributed by atoms with Gasteiger partial charge in [-0.1, -0.05) is 6.07 Å². The highest BCUT2D eigenvalue weighted by molar-refractivity contribution is 5.86. The molecule has 1 saturated heterocycles. The minimum atomic E-state index is 0.0579. The summed E-state index contributed by atoms with van der Waals surface area (Å²) in [5, 5.41) is 4.73. The minimum Gasteiger partial charge on any atom is -0.496 e. The molecule has 1 aromatic carbocycles. The van der Waals surface area contributed by atoms with Crippen molar-refractivity contribution in [2.45, 2.75) is 57.7 Å². The molecule has 162 valence electrons. The number of nitrogens with one attached hydrogen (secondary N) is 1. The maximum absolute atomic E-state index is 6.44. The predicted octanol–water partition coefficient (Wildman–Crippen LogP) is 3.58. The molecule has 2 aromatic rings. The first-order valence-corrected chi connectivity index (χ1v) is 10.4. The summed E-state index contributed by atoms with van der Waals surface area (Å²) in [6.45, 7) is 8.97. The van der Waals surface area contributed by atoms with Gasteiger partial charge in [0.1, 0.15) is 5.75 Å². The Labute approximate surface area is 180 Å². The summed E-state index contributed by atoms with van der Waals surface area (Å²) < 4.78 is 5.54. The molecule has 0 radical (unpaired) electrons. The smallest absolute Gasteiger partial charge is 0.130 e. The maximum atomic E-state index is 6.44. The number of ether oxygens (including phenoxy) is 1. The van der Waals surface area contributed by atoms with Gasteiger partial charge in [0, 0.05) is 53.1 Å². The summed E-state index contributed by atoms with van der Waals surface area (Å²) in [5.41, 5.74) is 15.3. The lowest BCUT2D eigenvalue weighted by atomic mass is 9.79. The molecule has 0 saturated carbocycles. The topological polar surface area (TPSA) is 89.4 Å². The van der Waals surface area contributed by atoms with Crippen LogP contribution in [0.5, 0.6) is 5.75 Å². The number of rotatable bonds is 5. The quantitative estimate of drug-likeness (QED) is 0.654. The fraction of sp³-hybridized carbons (Fsp3) is 0.458. The van der Waals surface area contributed by atoms with E-state index in [0.29, 0.717) is 23.3 Å². The fourth-order valence-electron chi connectivity index (χ4n) is 4.63. The van der Waals surface area contributed by atoms with Gasteiger partial charge in [0.15, 0.2) is 0 Å². The van der Waals surface area contributed by atoms with E-state index in [-0.39, 0.29) is 11.1 Å². The van der Waals surface area contributed by atoms with Crippen molar-refractivity contribution in [2.75, 3.05) is 14.2 Å². The lowest BCUT2D eigenvalue weighted by Gasteiger charge is -2.49. The Balaban J connectivity index is 1.85. The number of pyridine rings is 1. The standard InChI is InChI=1S/C24H35N5O/c1-23(2)14-17(15-24(3,4)28-23)29(5)22(26)10-9-19(25)18-12-16-8-7-11-27-20(16)13-21(18)30-6/h7-13,17,28H,14-15,25-26H2,1-6H3/b19-9-,22-10+. The lowest BCUT2D eigenvalue weighted by molar-refractivity contribution is 0.0981. The maximum Gasteiger partial charge on any atom is 0.130 e. The molecule has 1 aromatic heterocycles. The highest BCUT2D eigenvalue weighted by Gasteiger charge is 2.39. The second-order valence-electron chi connectivity index (χ2n) is 9.53.